The van der Waals surface area contributed by atoms with Gasteiger partial charge in [0.2, 0.25) is 0 Å². The van der Waals surface area contributed by atoms with Crippen molar-refractivity contribution < 1.29 is 13.9 Å². The third kappa shape index (κ3) is 1.35. The molecule has 2 aromatic rings. The Morgan fingerprint density at radius 1 is 1.38 bits per heavy atom. The molecule has 0 spiro atoms. The first kappa shape index (κ1) is 8.37. The van der Waals surface area contributed by atoms with Crippen LogP contribution in [0.1, 0.15) is 12.1 Å². The van der Waals surface area contributed by atoms with Crippen LogP contribution in [0.25, 0.3) is 10.1 Å². The van der Waals surface area contributed by atoms with E-state index in [1.807, 2.05) is 0 Å². The summed E-state index contributed by atoms with van der Waals surface area (Å²) in [7, 11) is 0. The van der Waals surface area contributed by atoms with Crippen LogP contribution in [-0.2, 0) is 0 Å². The molecule has 1 aromatic carbocycles. The molecule has 13 heavy (non-hydrogen) atoms. The molecule has 2 rings (SSSR count). The van der Waals surface area contributed by atoms with E-state index < -0.39 is 6.43 Å². The summed E-state index contributed by atoms with van der Waals surface area (Å²) in [5, 5.41) is 9.42. The van der Waals surface area contributed by atoms with Gasteiger partial charge in [-0.3, -0.25) is 0 Å². The number of phenolic OH excluding ortho intramolecular Hbond substituents is 1. The predicted octanol–water partition coefficient (Wildman–Crippen LogP) is 2.94. The number of benzene rings is 1. The molecular weight excluding hydrogens is 196 g/mol. The maximum absolute atomic E-state index is 12.3. The zero-order valence-electron chi connectivity index (χ0n) is 6.37. The normalized spacial score (nSPS) is 11.3. The number of phenols is 1. The van der Waals surface area contributed by atoms with E-state index in [1.165, 1.54) is 12.1 Å². The lowest BCUT2D eigenvalue weighted by Gasteiger charge is -1.95. The largest absolute Gasteiger partial charge is 0.508 e. The Morgan fingerprint density at radius 2 is 2.15 bits per heavy atom. The summed E-state index contributed by atoms with van der Waals surface area (Å²) in [6.07, 6.45) is -2.59. The Balaban J connectivity index is 2.71. The first-order chi connectivity index (χ1) is 6.18. The Kier molecular flexibility index (Phi) is 1.88. The van der Waals surface area contributed by atoms with Crippen LogP contribution in [0.4, 0.5) is 8.78 Å². The average Bonchev–Trinajstić information content (AvgIpc) is 2.46. The third-order valence-corrected chi connectivity index (χ3v) is 2.53. The number of rotatable bonds is 1. The molecule has 0 fully saturated rings. The monoisotopic (exact) mass is 201 g/mol. The molecule has 0 aliphatic rings. The molecule has 0 unspecified atom stereocenters. The Labute approximate surface area is 76.6 Å². The number of halogens is 2. The highest BCUT2D eigenvalue weighted by Crippen LogP contribution is 2.31. The van der Waals surface area contributed by atoms with Crippen molar-refractivity contribution in [2.75, 3.05) is 0 Å². The van der Waals surface area contributed by atoms with Crippen LogP contribution >= 0.6 is 11.5 Å². The van der Waals surface area contributed by atoms with E-state index >= 15 is 0 Å². The summed E-state index contributed by atoms with van der Waals surface area (Å²) >= 11 is 1.01. The van der Waals surface area contributed by atoms with Gasteiger partial charge in [-0.25, -0.2) is 8.78 Å². The van der Waals surface area contributed by atoms with Crippen LogP contribution in [0.3, 0.4) is 0 Å². The quantitative estimate of drug-likeness (QED) is 0.769. The number of hydrogen-bond donors (Lipinski definition) is 1. The smallest absolute Gasteiger partial charge is 0.282 e. The zero-order chi connectivity index (χ0) is 9.42. The number of alkyl halides is 2. The lowest BCUT2D eigenvalue weighted by atomic mass is 10.2. The molecule has 0 saturated carbocycles. The average molecular weight is 201 g/mol. The SMILES string of the molecule is Oc1ccc2snc(C(F)F)c2c1. The fourth-order valence-electron chi connectivity index (χ4n) is 1.10. The third-order valence-electron chi connectivity index (χ3n) is 1.69. The van der Waals surface area contributed by atoms with Crippen molar-refractivity contribution in [3.8, 4) is 5.75 Å². The number of fused-ring (bicyclic) bond motifs is 1. The summed E-state index contributed by atoms with van der Waals surface area (Å²) in [6.45, 7) is 0. The number of nitrogens with zero attached hydrogens (tertiary/aromatic N) is 1. The molecule has 68 valence electrons. The maximum atomic E-state index is 12.3. The van der Waals surface area contributed by atoms with Gasteiger partial charge >= 0.3 is 0 Å². The molecule has 5 heteroatoms. The highest BCUT2D eigenvalue weighted by Gasteiger charge is 2.15. The van der Waals surface area contributed by atoms with Crippen molar-refractivity contribution in [2.24, 2.45) is 0 Å². The minimum absolute atomic E-state index is 0.0189. The van der Waals surface area contributed by atoms with E-state index in [1.54, 1.807) is 6.07 Å². The van der Waals surface area contributed by atoms with Gasteiger partial charge in [0.15, 0.2) is 0 Å². The van der Waals surface area contributed by atoms with E-state index in [9.17, 15) is 8.78 Å². The van der Waals surface area contributed by atoms with Crippen LogP contribution in [0.15, 0.2) is 18.2 Å². The minimum Gasteiger partial charge on any atom is -0.508 e. The van der Waals surface area contributed by atoms with Crippen LogP contribution in [-0.4, -0.2) is 9.48 Å². The van der Waals surface area contributed by atoms with Crippen LogP contribution < -0.4 is 0 Å². The van der Waals surface area contributed by atoms with E-state index in [2.05, 4.69) is 4.37 Å². The van der Waals surface area contributed by atoms with E-state index in [0.717, 1.165) is 11.5 Å². The molecule has 0 aliphatic carbocycles. The predicted molar refractivity (Wildman–Crippen MR) is 46.2 cm³/mol. The topological polar surface area (TPSA) is 33.1 Å². The van der Waals surface area contributed by atoms with Gasteiger partial charge in [-0.1, -0.05) is 0 Å². The van der Waals surface area contributed by atoms with Crippen molar-refractivity contribution in [1.29, 1.82) is 0 Å². The van der Waals surface area contributed by atoms with Gasteiger partial charge in [-0.15, -0.1) is 0 Å². The molecule has 0 amide bonds. The Morgan fingerprint density at radius 3 is 2.85 bits per heavy atom. The summed E-state index contributed by atoms with van der Waals surface area (Å²) in [5.74, 6) is -0.0189. The van der Waals surface area contributed by atoms with E-state index in [0.29, 0.717) is 10.1 Å². The standard InChI is InChI=1S/C8H5F2NOS/c9-8(10)7-5-3-4(12)1-2-6(5)13-11-7/h1-3,8,12H. The van der Waals surface area contributed by atoms with Crippen molar-refractivity contribution in [1.82, 2.24) is 4.37 Å². The second-order valence-corrected chi connectivity index (χ2v) is 3.35. The van der Waals surface area contributed by atoms with E-state index in [-0.39, 0.29) is 11.4 Å². The van der Waals surface area contributed by atoms with Crippen LogP contribution in [0.2, 0.25) is 0 Å². The summed E-state index contributed by atoms with van der Waals surface area (Å²) in [6, 6.07) is 4.34. The van der Waals surface area contributed by atoms with Crippen molar-refractivity contribution >= 4 is 21.6 Å². The van der Waals surface area contributed by atoms with Crippen LogP contribution in [0, 0.1) is 0 Å². The van der Waals surface area contributed by atoms with Crippen LogP contribution in [0.5, 0.6) is 5.75 Å². The highest BCUT2D eigenvalue weighted by molar-refractivity contribution is 7.13. The molecule has 1 N–H and O–H groups in total. The second-order valence-electron chi connectivity index (χ2n) is 2.55. The van der Waals surface area contributed by atoms with Gasteiger partial charge in [0.05, 0.1) is 4.70 Å². The molecule has 1 heterocycles. The number of aromatic nitrogens is 1. The first-order valence-electron chi connectivity index (χ1n) is 3.55. The molecule has 0 radical (unpaired) electrons. The van der Waals surface area contributed by atoms with Crippen molar-refractivity contribution in [3.63, 3.8) is 0 Å². The fraction of sp³-hybridized carbons (Fsp3) is 0.125. The zero-order valence-corrected chi connectivity index (χ0v) is 7.18. The molecule has 1 aromatic heterocycles. The van der Waals surface area contributed by atoms with Gasteiger partial charge in [0.25, 0.3) is 6.43 Å². The van der Waals surface area contributed by atoms with E-state index in [4.69, 9.17) is 5.11 Å². The summed E-state index contributed by atoms with van der Waals surface area (Å²) in [5.41, 5.74) is -0.254. The highest BCUT2D eigenvalue weighted by atomic mass is 32.1. The molecular formula is C8H5F2NOS. The number of aromatic hydroxyl groups is 1. The fourth-order valence-corrected chi connectivity index (χ4v) is 1.87. The van der Waals surface area contributed by atoms with Gasteiger partial charge in [0, 0.05) is 5.39 Å². The molecule has 0 saturated heterocycles. The van der Waals surface area contributed by atoms with Crippen molar-refractivity contribution in [3.05, 3.63) is 23.9 Å². The molecule has 0 aliphatic heterocycles. The first-order valence-corrected chi connectivity index (χ1v) is 4.32. The van der Waals surface area contributed by atoms with Gasteiger partial charge in [0.1, 0.15) is 11.4 Å². The minimum atomic E-state index is -2.59. The van der Waals surface area contributed by atoms with Crippen molar-refractivity contribution in [2.45, 2.75) is 6.43 Å². The molecule has 0 atom stereocenters. The van der Waals surface area contributed by atoms with Gasteiger partial charge < -0.3 is 5.11 Å². The number of hydrogen-bond acceptors (Lipinski definition) is 3. The lowest BCUT2D eigenvalue weighted by Crippen LogP contribution is -1.82. The van der Waals surface area contributed by atoms with Gasteiger partial charge in [-0.2, -0.15) is 4.37 Å². The second kappa shape index (κ2) is 2.92. The molecule has 0 bridgehead atoms. The Bertz CT molecular complexity index is 441. The molecule has 2 nitrogen and oxygen atoms in total. The lowest BCUT2D eigenvalue weighted by molar-refractivity contribution is 0.149. The Hall–Kier alpha value is -1.23. The summed E-state index contributed by atoms with van der Waals surface area (Å²) < 4.78 is 28.9. The van der Waals surface area contributed by atoms with Gasteiger partial charge in [-0.05, 0) is 29.7 Å². The summed E-state index contributed by atoms with van der Waals surface area (Å²) in [4.78, 5) is 0. The maximum Gasteiger partial charge on any atom is 0.282 e.